The van der Waals surface area contributed by atoms with Gasteiger partial charge in [0, 0.05) is 31.0 Å². The molecular weight excluding hydrogens is 274 g/mol. The highest BCUT2D eigenvalue weighted by Gasteiger charge is 2.22. The molecule has 3 N–H and O–H groups in total. The van der Waals surface area contributed by atoms with Crippen molar-refractivity contribution in [3.05, 3.63) is 18.0 Å². The number of nitrogens with one attached hydrogen (secondary N) is 3. The third-order valence-corrected chi connectivity index (χ3v) is 5.62. The Kier molecular flexibility index (Phi) is 4.14. The zero-order valence-corrected chi connectivity index (χ0v) is 12.5. The van der Waals surface area contributed by atoms with Crippen LogP contribution < -0.4 is 10.0 Å². The van der Waals surface area contributed by atoms with Crippen molar-refractivity contribution in [2.24, 2.45) is 5.92 Å². The van der Waals surface area contributed by atoms with Crippen molar-refractivity contribution in [3.63, 3.8) is 0 Å². The fraction of sp³-hybridized carbons (Fsp3) is 0.714. The maximum Gasteiger partial charge on any atom is 0.242 e. The van der Waals surface area contributed by atoms with Gasteiger partial charge in [0.25, 0.3) is 0 Å². The molecule has 1 aromatic rings. The van der Waals surface area contributed by atoms with Crippen molar-refractivity contribution in [1.29, 1.82) is 0 Å². The van der Waals surface area contributed by atoms with Gasteiger partial charge in [-0.25, -0.2) is 13.1 Å². The topological polar surface area (TPSA) is 74.0 Å². The molecule has 2 saturated carbocycles. The molecule has 20 heavy (non-hydrogen) atoms. The van der Waals surface area contributed by atoms with Gasteiger partial charge in [0.2, 0.25) is 10.0 Å². The zero-order valence-electron chi connectivity index (χ0n) is 11.7. The lowest BCUT2D eigenvalue weighted by Crippen LogP contribution is -2.28. The van der Waals surface area contributed by atoms with Crippen LogP contribution in [0.3, 0.4) is 0 Å². The summed E-state index contributed by atoms with van der Waals surface area (Å²) in [5.74, 6) is 0.514. The van der Waals surface area contributed by atoms with E-state index in [2.05, 4.69) is 15.0 Å². The Balaban J connectivity index is 1.55. The van der Waals surface area contributed by atoms with Crippen LogP contribution in [-0.4, -0.2) is 26.0 Å². The first kappa shape index (κ1) is 14.1. The normalized spacial score (nSPS) is 20.6. The largest absolute Gasteiger partial charge is 0.363 e. The molecule has 2 aliphatic rings. The van der Waals surface area contributed by atoms with Gasteiger partial charge in [0.05, 0.1) is 4.90 Å². The first-order valence-corrected chi connectivity index (χ1v) is 9.02. The van der Waals surface area contributed by atoms with E-state index in [9.17, 15) is 8.42 Å². The summed E-state index contributed by atoms with van der Waals surface area (Å²) >= 11 is 0. The number of hydrogen-bond donors (Lipinski definition) is 3. The Morgan fingerprint density at radius 2 is 1.95 bits per heavy atom. The van der Waals surface area contributed by atoms with Crippen LogP contribution in [0.5, 0.6) is 0 Å². The molecule has 6 heteroatoms. The first-order chi connectivity index (χ1) is 9.63. The molecule has 3 rings (SSSR count). The summed E-state index contributed by atoms with van der Waals surface area (Å²) < 4.78 is 27.1. The summed E-state index contributed by atoms with van der Waals surface area (Å²) in [6, 6.07) is 2.35. The molecule has 0 aliphatic heterocycles. The fourth-order valence-corrected chi connectivity index (χ4v) is 3.88. The molecule has 0 spiro atoms. The van der Waals surface area contributed by atoms with Crippen LogP contribution in [-0.2, 0) is 16.6 Å². The summed E-state index contributed by atoms with van der Waals surface area (Å²) in [6.07, 6.45) is 8.80. The van der Waals surface area contributed by atoms with E-state index < -0.39 is 10.0 Å². The molecular formula is C14H23N3O2S. The summed E-state index contributed by atoms with van der Waals surface area (Å²) in [7, 11) is -3.36. The molecule has 112 valence electrons. The van der Waals surface area contributed by atoms with E-state index in [1.807, 2.05) is 0 Å². The van der Waals surface area contributed by atoms with Crippen molar-refractivity contribution < 1.29 is 8.42 Å². The van der Waals surface area contributed by atoms with Crippen molar-refractivity contribution in [2.45, 2.75) is 56.0 Å². The summed E-state index contributed by atoms with van der Waals surface area (Å²) in [5, 5.41) is 3.37. The summed E-state index contributed by atoms with van der Waals surface area (Å²) in [5.41, 5.74) is 0.929. The summed E-state index contributed by atoms with van der Waals surface area (Å²) in [6.45, 7) is 1.28. The van der Waals surface area contributed by atoms with Gasteiger partial charge in [0.15, 0.2) is 0 Å². The van der Waals surface area contributed by atoms with E-state index in [0.29, 0.717) is 29.9 Å². The van der Waals surface area contributed by atoms with Crippen molar-refractivity contribution in [1.82, 2.24) is 15.0 Å². The quantitative estimate of drug-likeness (QED) is 0.717. The van der Waals surface area contributed by atoms with Crippen LogP contribution >= 0.6 is 0 Å². The summed E-state index contributed by atoms with van der Waals surface area (Å²) in [4.78, 5) is 3.39. The average molecular weight is 297 g/mol. The lowest BCUT2D eigenvalue weighted by Gasteiger charge is -2.10. The molecule has 0 atom stereocenters. The lowest BCUT2D eigenvalue weighted by atomic mass is 10.1. The van der Waals surface area contributed by atoms with Gasteiger partial charge in [-0.1, -0.05) is 12.8 Å². The average Bonchev–Trinajstić information content (AvgIpc) is 2.94. The Morgan fingerprint density at radius 3 is 2.65 bits per heavy atom. The second-order valence-corrected chi connectivity index (χ2v) is 7.79. The predicted molar refractivity (Wildman–Crippen MR) is 77.8 cm³/mol. The molecule has 5 nitrogen and oxygen atoms in total. The van der Waals surface area contributed by atoms with Gasteiger partial charge in [0.1, 0.15) is 0 Å². The van der Waals surface area contributed by atoms with E-state index in [0.717, 1.165) is 18.5 Å². The Morgan fingerprint density at radius 1 is 1.20 bits per heavy atom. The third kappa shape index (κ3) is 3.62. The second kappa shape index (κ2) is 5.87. The maximum absolute atomic E-state index is 12.2. The predicted octanol–water partition coefficient (Wildman–Crippen LogP) is 1.74. The minimum atomic E-state index is -3.36. The van der Waals surface area contributed by atoms with Crippen LogP contribution in [0.4, 0.5) is 0 Å². The maximum atomic E-state index is 12.2. The minimum Gasteiger partial charge on any atom is -0.363 e. The second-order valence-electron chi connectivity index (χ2n) is 6.02. The van der Waals surface area contributed by atoms with Crippen LogP contribution in [0.15, 0.2) is 17.2 Å². The number of H-pyrrole nitrogens is 1. The highest BCUT2D eigenvalue weighted by Crippen LogP contribution is 2.24. The van der Waals surface area contributed by atoms with Gasteiger partial charge in [-0.15, -0.1) is 0 Å². The SMILES string of the molecule is O=S(=O)(NCC1CCCC1)c1c[nH]c(CNC2CC2)c1. The number of rotatable bonds is 7. The van der Waals surface area contributed by atoms with Gasteiger partial charge in [-0.2, -0.15) is 0 Å². The number of aromatic nitrogens is 1. The molecule has 0 unspecified atom stereocenters. The third-order valence-electron chi connectivity index (χ3n) is 4.22. The van der Waals surface area contributed by atoms with Crippen LogP contribution in [0, 0.1) is 5.92 Å². The molecule has 1 heterocycles. The van der Waals surface area contributed by atoms with Crippen molar-refractivity contribution in [3.8, 4) is 0 Å². The molecule has 0 bridgehead atoms. The van der Waals surface area contributed by atoms with Crippen molar-refractivity contribution >= 4 is 10.0 Å². The Bertz CT molecular complexity index is 543. The minimum absolute atomic E-state index is 0.350. The molecule has 2 aliphatic carbocycles. The molecule has 0 radical (unpaired) electrons. The van der Waals surface area contributed by atoms with Gasteiger partial charge >= 0.3 is 0 Å². The fourth-order valence-electron chi connectivity index (χ4n) is 2.74. The Hall–Kier alpha value is -0.850. The van der Waals surface area contributed by atoms with E-state index in [-0.39, 0.29) is 0 Å². The standard InChI is InChI=1S/C14H23N3O2S/c18-20(19,17-8-11-3-1-2-4-11)14-7-13(16-10-14)9-15-12-5-6-12/h7,10-12,15-17H,1-6,8-9H2. The molecule has 0 amide bonds. The number of sulfonamides is 1. The highest BCUT2D eigenvalue weighted by molar-refractivity contribution is 7.89. The monoisotopic (exact) mass is 297 g/mol. The van der Waals surface area contributed by atoms with Crippen LogP contribution in [0.2, 0.25) is 0 Å². The van der Waals surface area contributed by atoms with E-state index in [1.165, 1.54) is 25.7 Å². The van der Waals surface area contributed by atoms with Crippen LogP contribution in [0.25, 0.3) is 0 Å². The number of aromatic amines is 1. The van der Waals surface area contributed by atoms with Gasteiger partial charge < -0.3 is 10.3 Å². The highest BCUT2D eigenvalue weighted by atomic mass is 32.2. The molecule has 0 saturated heterocycles. The van der Waals surface area contributed by atoms with Gasteiger partial charge in [-0.05, 0) is 37.7 Å². The number of hydrogen-bond acceptors (Lipinski definition) is 3. The van der Waals surface area contributed by atoms with Gasteiger partial charge in [-0.3, -0.25) is 0 Å². The molecule has 0 aromatic carbocycles. The zero-order chi connectivity index (χ0) is 14.0. The Labute approximate surface area is 120 Å². The van der Waals surface area contributed by atoms with E-state index in [4.69, 9.17) is 0 Å². The van der Waals surface area contributed by atoms with E-state index in [1.54, 1.807) is 12.3 Å². The molecule has 1 aromatic heterocycles. The van der Waals surface area contributed by atoms with Crippen molar-refractivity contribution in [2.75, 3.05) is 6.54 Å². The first-order valence-electron chi connectivity index (χ1n) is 7.54. The van der Waals surface area contributed by atoms with E-state index >= 15 is 0 Å². The molecule has 2 fully saturated rings. The smallest absolute Gasteiger partial charge is 0.242 e. The lowest BCUT2D eigenvalue weighted by molar-refractivity contribution is 0.519. The van der Waals surface area contributed by atoms with Crippen LogP contribution in [0.1, 0.15) is 44.2 Å².